The molecule has 1 aromatic rings. The molecule has 0 radical (unpaired) electrons. The van der Waals surface area contributed by atoms with Gasteiger partial charge in [0.05, 0.1) is 0 Å². The van der Waals surface area contributed by atoms with E-state index < -0.39 is 23.1 Å². The summed E-state index contributed by atoms with van der Waals surface area (Å²) in [7, 11) is 0. The highest BCUT2D eigenvalue weighted by Gasteiger charge is 2.40. The molecule has 1 aliphatic rings. The summed E-state index contributed by atoms with van der Waals surface area (Å²) in [6.07, 6.45) is 2.08. The fourth-order valence-corrected chi connectivity index (χ4v) is 2.87. The predicted octanol–water partition coefficient (Wildman–Crippen LogP) is 3.08. The van der Waals surface area contributed by atoms with Gasteiger partial charge in [-0.15, -0.1) is 0 Å². The number of likely N-dealkylation sites (tertiary alicyclic amines) is 1. The zero-order valence-corrected chi connectivity index (χ0v) is 12.4. The Hall–Kier alpha value is -1.49. The van der Waals surface area contributed by atoms with Crippen LogP contribution >= 0.6 is 0 Å². The van der Waals surface area contributed by atoms with E-state index in [0.29, 0.717) is 24.6 Å². The van der Waals surface area contributed by atoms with Crippen LogP contribution in [0.3, 0.4) is 0 Å². The number of hydrogen-bond donors (Lipinski definition) is 1. The number of carbonyl (C=O) groups is 1. The zero-order valence-electron chi connectivity index (χ0n) is 12.4. The number of aliphatic carboxylic acids is 1. The molecule has 1 unspecified atom stereocenters. The fraction of sp³-hybridized carbons (Fsp3) is 0.562. The number of rotatable bonds is 4. The average molecular weight is 297 g/mol. The molecule has 0 amide bonds. The second kappa shape index (κ2) is 6.10. The standard InChI is InChI=1S/C16H21F2NO2/c1-11-5-7-19(8-6-11)16(2,15(20)21)10-12-3-4-13(17)14(18)9-12/h3-4,9,11H,5-8,10H2,1-2H3,(H,20,21). The summed E-state index contributed by atoms with van der Waals surface area (Å²) in [5, 5.41) is 9.63. The van der Waals surface area contributed by atoms with Crippen molar-refractivity contribution in [3.8, 4) is 0 Å². The molecule has 3 nitrogen and oxygen atoms in total. The number of hydrogen-bond acceptors (Lipinski definition) is 2. The molecule has 2 rings (SSSR count). The van der Waals surface area contributed by atoms with Gasteiger partial charge in [0.2, 0.25) is 0 Å². The minimum atomic E-state index is -1.09. The maximum atomic E-state index is 13.3. The predicted molar refractivity (Wildman–Crippen MR) is 76.1 cm³/mol. The van der Waals surface area contributed by atoms with Crippen molar-refractivity contribution in [2.24, 2.45) is 5.92 Å². The van der Waals surface area contributed by atoms with Crippen LogP contribution in [0.1, 0.15) is 32.3 Å². The molecule has 0 bridgehead atoms. The topological polar surface area (TPSA) is 40.5 Å². The molecule has 1 saturated heterocycles. The number of nitrogens with zero attached hydrogens (tertiary/aromatic N) is 1. The first kappa shape index (κ1) is 15.9. The molecule has 0 aliphatic carbocycles. The maximum absolute atomic E-state index is 13.3. The van der Waals surface area contributed by atoms with Gasteiger partial charge < -0.3 is 5.11 Å². The van der Waals surface area contributed by atoms with Gasteiger partial charge in [0.25, 0.3) is 0 Å². The molecule has 1 atom stereocenters. The van der Waals surface area contributed by atoms with E-state index in [2.05, 4.69) is 6.92 Å². The van der Waals surface area contributed by atoms with E-state index in [9.17, 15) is 18.7 Å². The number of carboxylic acid groups (broad SMARTS) is 1. The first-order valence-corrected chi connectivity index (χ1v) is 7.25. The SMILES string of the molecule is CC1CCN(C(C)(Cc2ccc(F)c(F)c2)C(=O)O)CC1. The Morgan fingerprint density at radius 1 is 1.33 bits per heavy atom. The van der Waals surface area contributed by atoms with E-state index >= 15 is 0 Å². The smallest absolute Gasteiger partial charge is 0.324 e. The van der Waals surface area contributed by atoms with Crippen LogP contribution in [0.4, 0.5) is 8.78 Å². The Kier molecular flexibility index (Phi) is 4.61. The molecule has 0 saturated carbocycles. The van der Waals surface area contributed by atoms with Crippen molar-refractivity contribution in [3.63, 3.8) is 0 Å². The maximum Gasteiger partial charge on any atom is 0.324 e. The summed E-state index contributed by atoms with van der Waals surface area (Å²) in [5.74, 6) is -2.18. The first-order valence-electron chi connectivity index (χ1n) is 7.25. The lowest BCUT2D eigenvalue weighted by molar-refractivity contribution is -0.151. The Bertz CT molecular complexity index is 527. The molecule has 1 fully saturated rings. The highest BCUT2D eigenvalue weighted by atomic mass is 19.2. The van der Waals surface area contributed by atoms with Gasteiger partial charge >= 0.3 is 5.97 Å². The second-order valence-electron chi connectivity index (χ2n) is 6.17. The quantitative estimate of drug-likeness (QED) is 0.928. The lowest BCUT2D eigenvalue weighted by Gasteiger charge is -2.42. The Balaban J connectivity index is 2.21. The van der Waals surface area contributed by atoms with E-state index in [1.165, 1.54) is 6.07 Å². The molecule has 0 aromatic heterocycles. The van der Waals surface area contributed by atoms with Crippen LogP contribution in [0.15, 0.2) is 18.2 Å². The molecule has 1 aliphatic heterocycles. The summed E-state index contributed by atoms with van der Waals surface area (Å²) in [6, 6.07) is 3.58. The minimum Gasteiger partial charge on any atom is -0.480 e. The van der Waals surface area contributed by atoms with E-state index in [1.54, 1.807) is 6.92 Å². The molecule has 5 heteroatoms. The fourth-order valence-electron chi connectivity index (χ4n) is 2.87. The number of carboxylic acids is 1. The summed E-state index contributed by atoms with van der Waals surface area (Å²) in [6.45, 7) is 5.25. The van der Waals surface area contributed by atoms with E-state index in [4.69, 9.17) is 0 Å². The monoisotopic (exact) mass is 297 g/mol. The van der Waals surface area contributed by atoms with Crippen molar-refractivity contribution in [1.29, 1.82) is 0 Å². The average Bonchev–Trinajstić information content (AvgIpc) is 2.43. The minimum absolute atomic E-state index is 0.161. The summed E-state index contributed by atoms with van der Waals surface area (Å²) >= 11 is 0. The van der Waals surface area contributed by atoms with Crippen molar-refractivity contribution >= 4 is 5.97 Å². The molecular formula is C16H21F2NO2. The van der Waals surface area contributed by atoms with Crippen LogP contribution in [0.25, 0.3) is 0 Å². The molecule has 1 aromatic carbocycles. The largest absolute Gasteiger partial charge is 0.480 e. The Morgan fingerprint density at radius 2 is 1.95 bits per heavy atom. The third-order valence-corrected chi connectivity index (χ3v) is 4.47. The third-order valence-electron chi connectivity index (χ3n) is 4.47. The van der Waals surface area contributed by atoms with Crippen LogP contribution in [0.5, 0.6) is 0 Å². The van der Waals surface area contributed by atoms with Gasteiger partial charge in [0.15, 0.2) is 11.6 Å². The van der Waals surface area contributed by atoms with Crippen molar-refractivity contribution in [2.75, 3.05) is 13.1 Å². The van der Waals surface area contributed by atoms with Gasteiger partial charge in [-0.25, -0.2) is 8.78 Å². The summed E-state index contributed by atoms with van der Waals surface area (Å²) in [4.78, 5) is 13.7. The lowest BCUT2D eigenvalue weighted by atomic mass is 9.87. The highest BCUT2D eigenvalue weighted by molar-refractivity contribution is 5.78. The second-order valence-corrected chi connectivity index (χ2v) is 6.17. The molecule has 21 heavy (non-hydrogen) atoms. The van der Waals surface area contributed by atoms with Crippen molar-refractivity contribution in [3.05, 3.63) is 35.4 Å². The van der Waals surface area contributed by atoms with Gasteiger partial charge in [0.1, 0.15) is 5.54 Å². The summed E-state index contributed by atoms with van der Waals surface area (Å²) in [5.41, 5.74) is -0.595. The van der Waals surface area contributed by atoms with Crippen LogP contribution in [-0.2, 0) is 11.2 Å². The first-order chi connectivity index (χ1) is 9.83. The Morgan fingerprint density at radius 3 is 2.48 bits per heavy atom. The molecule has 116 valence electrons. The van der Waals surface area contributed by atoms with Gasteiger partial charge in [-0.05, 0) is 56.5 Å². The molecule has 1 N–H and O–H groups in total. The van der Waals surface area contributed by atoms with Crippen molar-refractivity contribution in [2.45, 2.75) is 38.6 Å². The normalized spacial score (nSPS) is 20.2. The van der Waals surface area contributed by atoms with Gasteiger partial charge in [0, 0.05) is 6.42 Å². The molecule has 0 spiro atoms. The van der Waals surface area contributed by atoms with Crippen LogP contribution < -0.4 is 0 Å². The zero-order chi connectivity index (χ0) is 15.6. The van der Waals surface area contributed by atoms with Crippen LogP contribution in [0.2, 0.25) is 0 Å². The number of benzene rings is 1. The van der Waals surface area contributed by atoms with E-state index in [1.807, 2.05) is 4.90 Å². The number of halogens is 2. The van der Waals surface area contributed by atoms with E-state index in [-0.39, 0.29) is 6.42 Å². The van der Waals surface area contributed by atoms with Crippen LogP contribution in [0, 0.1) is 17.6 Å². The highest BCUT2D eigenvalue weighted by Crippen LogP contribution is 2.28. The van der Waals surface area contributed by atoms with Gasteiger partial charge in [-0.1, -0.05) is 13.0 Å². The number of piperidine rings is 1. The lowest BCUT2D eigenvalue weighted by Crippen LogP contribution is -2.56. The third kappa shape index (κ3) is 3.40. The van der Waals surface area contributed by atoms with Crippen molar-refractivity contribution in [1.82, 2.24) is 4.90 Å². The van der Waals surface area contributed by atoms with E-state index in [0.717, 1.165) is 25.0 Å². The van der Waals surface area contributed by atoms with Gasteiger partial charge in [-0.3, -0.25) is 9.69 Å². The molecular weight excluding hydrogens is 276 g/mol. The van der Waals surface area contributed by atoms with Crippen LogP contribution in [-0.4, -0.2) is 34.6 Å². The summed E-state index contributed by atoms with van der Waals surface area (Å²) < 4.78 is 26.3. The Labute approximate surface area is 123 Å². The van der Waals surface area contributed by atoms with Crippen molar-refractivity contribution < 1.29 is 18.7 Å². The molecule has 1 heterocycles. The van der Waals surface area contributed by atoms with Gasteiger partial charge in [-0.2, -0.15) is 0 Å².